The van der Waals surface area contributed by atoms with Gasteiger partial charge in [0.2, 0.25) is 17.8 Å². The van der Waals surface area contributed by atoms with Gasteiger partial charge in [-0.05, 0) is 53.6 Å². The van der Waals surface area contributed by atoms with E-state index in [0.717, 1.165) is 48.5 Å². The summed E-state index contributed by atoms with van der Waals surface area (Å²) in [4.78, 5) is 33.1. The first-order valence-electron chi connectivity index (χ1n) is 13.3. The number of aromatic hydroxyl groups is 1. The van der Waals surface area contributed by atoms with Crippen molar-refractivity contribution < 1.29 is 211 Å². The number of azo groups is 1. The molecule has 57 heavy (non-hydrogen) atoms. The Morgan fingerprint density at radius 1 is 0.754 bits per heavy atom. The van der Waals surface area contributed by atoms with Gasteiger partial charge in [0.1, 0.15) is 20.2 Å². The molecule has 30 heteroatoms. The van der Waals surface area contributed by atoms with Gasteiger partial charge in [-0.15, -0.1) is 18.0 Å². The van der Waals surface area contributed by atoms with Crippen molar-refractivity contribution in [2.75, 3.05) is 16.4 Å². The molecule has 0 bridgehead atoms. The minimum absolute atomic E-state index is 0. The van der Waals surface area contributed by atoms with E-state index in [0.29, 0.717) is 0 Å². The Balaban J connectivity index is 0. The Bertz CT molecular complexity index is 2630. The monoisotopic (exact) mass is 886 g/mol. The van der Waals surface area contributed by atoms with E-state index in [4.69, 9.17) is 18.4 Å². The zero-order valence-electron chi connectivity index (χ0n) is 30.1. The first-order chi connectivity index (χ1) is 24.2. The van der Waals surface area contributed by atoms with Crippen molar-refractivity contribution in [3.05, 3.63) is 77.9 Å². The number of nitrogens with one attached hydrogen (secondary N) is 2. The minimum atomic E-state index is -5.07. The molecule has 0 saturated heterocycles. The largest absolute Gasteiger partial charge is 1.00 e. The van der Waals surface area contributed by atoms with Gasteiger partial charge >= 0.3 is 158 Å². The maximum absolute atomic E-state index is 11.9. The molecule has 0 radical (unpaired) electrons. The third kappa shape index (κ3) is 16.7. The van der Waals surface area contributed by atoms with Crippen LogP contribution in [0.2, 0.25) is 0 Å². The molecule has 0 aliphatic rings. The maximum atomic E-state index is 11.9. The Labute approximate surface area is 434 Å². The number of aromatic carboxylic acids is 2. The summed E-state index contributed by atoms with van der Waals surface area (Å²) in [6, 6.07) is 12.9. The molecule has 22 nitrogen and oxygen atoms in total. The second kappa shape index (κ2) is 24.6. The Kier molecular flexibility index (Phi) is 24.7. The fourth-order valence-corrected chi connectivity index (χ4v) is 5.21. The Hall–Kier alpha value is -1.67. The fraction of sp³-hybridized carbons (Fsp3) is 0. The zero-order valence-corrected chi connectivity index (χ0v) is 42.5. The molecule has 0 aliphatic heterocycles. The topological polar surface area (TPSA) is 380 Å². The predicted octanol–water partition coefficient (Wildman–Crippen LogP) is -15.4. The number of hydrogen-bond donors (Lipinski definition) is 4. The molecule has 270 valence electrons. The molecule has 0 spiro atoms. The molecule has 0 atom stereocenters. The summed E-state index contributed by atoms with van der Waals surface area (Å²) in [5.74, 6) is -5.27. The van der Waals surface area contributed by atoms with Crippen LogP contribution < -0.4 is 174 Å². The van der Waals surface area contributed by atoms with Gasteiger partial charge in [0, 0.05) is 27.7 Å². The van der Waals surface area contributed by atoms with Gasteiger partial charge in [-0.25, -0.2) is 16.8 Å². The number of carboxylic acid groups (broad SMARTS) is 2. The van der Waals surface area contributed by atoms with Crippen molar-refractivity contribution in [2.45, 2.75) is 9.79 Å². The number of hydrogen-bond acceptors (Lipinski definition) is 22. The molecule has 4 aromatic carbocycles. The summed E-state index contributed by atoms with van der Waals surface area (Å²) in [6.07, 6.45) is 0. The predicted molar refractivity (Wildman–Crippen MR) is 167 cm³/mol. The molecule has 1 aromatic heterocycles. The van der Waals surface area contributed by atoms with Crippen LogP contribution in [0.3, 0.4) is 0 Å². The molecule has 0 fully saturated rings. The van der Waals surface area contributed by atoms with E-state index in [1.165, 1.54) is 12.1 Å². The van der Waals surface area contributed by atoms with E-state index in [2.05, 4.69) is 41.9 Å². The third-order valence-corrected chi connectivity index (χ3v) is 7.83. The van der Waals surface area contributed by atoms with Crippen molar-refractivity contribution in [3.63, 3.8) is 0 Å². The average Bonchev–Trinajstić information content (AvgIpc) is 3.03. The molecule has 0 unspecified atom stereocenters. The van der Waals surface area contributed by atoms with Crippen LogP contribution >= 0.6 is 0 Å². The van der Waals surface area contributed by atoms with Crippen molar-refractivity contribution in [1.82, 2.24) is 15.0 Å². The summed E-state index contributed by atoms with van der Waals surface area (Å²) >= 11 is 0. The van der Waals surface area contributed by atoms with Crippen LogP contribution in [0.4, 0.5) is 40.6 Å². The summed E-state index contributed by atoms with van der Waals surface area (Å²) in [5.41, 5.74) is 3.90. The first-order valence-corrected chi connectivity index (χ1v) is 17.1. The second-order valence-electron chi connectivity index (χ2n) is 9.70. The number of nitrogen functional groups attached to an aromatic ring is 1. The van der Waals surface area contributed by atoms with Crippen molar-refractivity contribution in [2.24, 2.45) is 10.2 Å². The van der Waals surface area contributed by atoms with Crippen LogP contribution in [0.25, 0.3) is 10.8 Å². The van der Waals surface area contributed by atoms with Gasteiger partial charge in [0.05, 0.1) is 22.5 Å². The van der Waals surface area contributed by atoms with E-state index >= 15 is 0 Å². The second-order valence-corrected chi connectivity index (χ2v) is 12.9. The summed E-state index contributed by atoms with van der Waals surface area (Å²) in [6.45, 7) is 0. The van der Waals surface area contributed by atoms with E-state index in [1.807, 2.05) is 0 Å². The smallest absolute Gasteiger partial charge is 0.744 e. The van der Waals surface area contributed by atoms with E-state index in [-0.39, 0.29) is 187 Å². The van der Waals surface area contributed by atoms with Gasteiger partial charge in [-0.2, -0.15) is 37.3 Å². The van der Waals surface area contributed by atoms with Gasteiger partial charge in [-0.1, -0.05) is 17.5 Å². The van der Waals surface area contributed by atoms with Gasteiger partial charge in [0.15, 0.2) is 0 Å². The summed E-state index contributed by atoms with van der Waals surface area (Å²) in [5, 5.41) is 46.4. The van der Waals surface area contributed by atoms with Crippen molar-refractivity contribution in [3.8, 4) is 5.75 Å². The van der Waals surface area contributed by atoms with Crippen molar-refractivity contribution in [1.29, 1.82) is 0 Å². The normalized spacial score (nSPS) is 10.4. The molecule has 0 aliphatic carbocycles. The van der Waals surface area contributed by atoms with Crippen LogP contribution in [0, 0.1) is 6.07 Å². The number of carboxylic acids is 2. The minimum Gasteiger partial charge on any atom is -0.744 e. The van der Waals surface area contributed by atoms with Crippen molar-refractivity contribution >= 4 is 94.2 Å². The number of benzene rings is 4. The quantitative estimate of drug-likeness (QED) is 0.0438. The van der Waals surface area contributed by atoms with E-state index < -0.39 is 81.3 Å². The number of carbonyl (C=O) groups excluding carboxylic acids is 2. The van der Waals surface area contributed by atoms with E-state index in [9.17, 15) is 50.8 Å². The molecular formula is C27H15N8Na5O14S3. The first kappa shape index (κ1) is 57.4. The molecular weight excluding hydrogens is 871 g/mol. The number of fused-ring (bicyclic) bond motifs is 1. The zero-order chi connectivity index (χ0) is 38.5. The number of nitrogens with two attached hydrogens (primary N) is 1. The standard InChI is InChI=1S/C27H19N8O11S2.5Na.O3S/c28-25-31-26(29-16-7-13(23(37)38)6-14(8-16)24(39)40)33-27(32-25)30-20-11-18(48(44,45)46)9-12-4-5-19(22(36)21(12)20)35-34-15-2-1-3-17(10-15)47(41,42)43;;;;;;1-4(2)3/h1-4,6-11,36H,(H,37,38)(H,39,40)(H,41,42,43)(H,44,45,46)(H4,28,29,30,31,32,33);;;;;;/q-1;5*+1;/p-4. The van der Waals surface area contributed by atoms with Gasteiger partial charge in [-0.3, -0.25) is 0 Å². The molecule has 5 aromatic rings. The average molecular weight is 887 g/mol. The van der Waals surface area contributed by atoms with Gasteiger partial charge < -0.3 is 50.4 Å². The molecule has 1 heterocycles. The number of phenols is 1. The molecule has 5 rings (SSSR count). The van der Waals surface area contributed by atoms with E-state index in [1.54, 1.807) is 0 Å². The summed E-state index contributed by atoms with van der Waals surface area (Å²) in [7, 11) is -13.0. The SMILES string of the molecule is Nc1nc(Nc2cc(C(=O)[O-])cc(C(=O)[O-])c2)nc(Nc2cc(S(=O)(=O)[O-])cc3c[c-]c(N=Nc4cccc(S(=O)(=O)[O-])c4)c(O)c23)n1.O=S(=O)=O.[Na+].[Na+].[Na+].[Na+].[Na+]. The number of aromatic nitrogens is 3. The Morgan fingerprint density at radius 3 is 1.79 bits per heavy atom. The van der Waals surface area contributed by atoms with Crippen LogP contribution in [-0.4, -0.2) is 70.6 Å². The van der Waals surface area contributed by atoms with Crippen LogP contribution in [0.5, 0.6) is 5.75 Å². The molecule has 5 N–H and O–H groups in total. The number of nitrogens with zero attached hydrogens (tertiary/aromatic N) is 5. The fourth-order valence-electron chi connectivity index (χ4n) is 4.17. The van der Waals surface area contributed by atoms with Gasteiger partial charge in [0.25, 0.3) is 0 Å². The number of anilines is 5. The number of carbonyl (C=O) groups is 2. The van der Waals surface area contributed by atoms with Crippen LogP contribution in [0.1, 0.15) is 20.7 Å². The number of phenolic OH excluding ortho intramolecular Hbond substituents is 1. The third-order valence-electron chi connectivity index (χ3n) is 6.19. The summed E-state index contributed by atoms with van der Waals surface area (Å²) < 4.78 is 95.1. The van der Waals surface area contributed by atoms with Crippen LogP contribution in [0.15, 0.2) is 80.7 Å². The number of rotatable bonds is 10. The van der Waals surface area contributed by atoms with Crippen LogP contribution in [-0.2, 0) is 30.8 Å². The maximum Gasteiger partial charge on any atom is 1.00 e. The Morgan fingerprint density at radius 2 is 1.28 bits per heavy atom. The molecule has 0 amide bonds. The molecule has 0 saturated carbocycles.